The highest BCUT2D eigenvalue weighted by atomic mass is 16.7. The van der Waals surface area contributed by atoms with Gasteiger partial charge in [-0.15, -0.1) is 0 Å². The molecule has 0 bridgehead atoms. The van der Waals surface area contributed by atoms with E-state index in [1.807, 2.05) is 61.5 Å². The van der Waals surface area contributed by atoms with E-state index in [4.69, 9.17) is 14.8 Å². The quantitative estimate of drug-likeness (QED) is 0.349. The molecule has 1 fully saturated rings. The van der Waals surface area contributed by atoms with Crippen molar-refractivity contribution < 1.29 is 24.4 Å². The van der Waals surface area contributed by atoms with Gasteiger partial charge < -0.3 is 9.64 Å². The van der Waals surface area contributed by atoms with Crippen LogP contribution in [0.3, 0.4) is 0 Å². The highest BCUT2D eigenvalue weighted by Crippen LogP contribution is 2.40. The number of likely N-dealkylation sites (tertiary alicyclic amines) is 1. The molecule has 3 N–H and O–H groups in total. The first-order valence-corrected chi connectivity index (χ1v) is 12.3. The number of hydrogen-bond acceptors (Lipinski definition) is 7. The Labute approximate surface area is 215 Å². The van der Waals surface area contributed by atoms with Crippen molar-refractivity contribution in [1.29, 1.82) is 0 Å². The molecule has 2 aliphatic heterocycles. The summed E-state index contributed by atoms with van der Waals surface area (Å²) in [6, 6.07) is 17.8. The fourth-order valence-electron chi connectivity index (χ4n) is 5.14. The van der Waals surface area contributed by atoms with Gasteiger partial charge in [0, 0.05) is 55.4 Å². The summed E-state index contributed by atoms with van der Waals surface area (Å²) in [5.41, 5.74) is 8.63. The molecule has 3 aromatic rings. The average Bonchev–Trinajstić information content (AvgIpc) is 3.33. The third-order valence-corrected chi connectivity index (χ3v) is 7.14. The zero-order chi connectivity index (χ0) is 26.0. The maximum Gasteiger partial charge on any atom is 0.243 e. The van der Waals surface area contributed by atoms with Crippen LogP contribution >= 0.6 is 0 Å². The molecular formula is C28H30N4O5. The van der Waals surface area contributed by atoms with Crippen LogP contribution in [0.5, 0.6) is 5.75 Å². The summed E-state index contributed by atoms with van der Waals surface area (Å²) >= 11 is 0. The minimum atomic E-state index is -0.761. The molecule has 37 heavy (non-hydrogen) atoms. The summed E-state index contributed by atoms with van der Waals surface area (Å²) in [7, 11) is 0. The van der Waals surface area contributed by atoms with E-state index in [0.29, 0.717) is 26.1 Å². The van der Waals surface area contributed by atoms with Crippen molar-refractivity contribution in [2.75, 3.05) is 13.1 Å². The molecule has 9 nitrogen and oxygen atoms in total. The number of nitrogens with one attached hydrogen (secondary N) is 2. The minimum absolute atomic E-state index is 0.0294. The van der Waals surface area contributed by atoms with Crippen LogP contribution in [0.25, 0.3) is 16.6 Å². The van der Waals surface area contributed by atoms with Gasteiger partial charge in [-0.05, 0) is 55.0 Å². The molecule has 0 radical (unpaired) electrons. The summed E-state index contributed by atoms with van der Waals surface area (Å²) in [5, 5.41) is 10.1. The number of amides is 2. The van der Waals surface area contributed by atoms with Crippen LogP contribution in [0.2, 0.25) is 0 Å². The first kappa shape index (κ1) is 24.7. The molecule has 1 aromatic heterocycles. The van der Waals surface area contributed by atoms with Crippen molar-refractivity contribution in [2.45, 2.75) is 38.9 Å². The fourth-order valence-corrected chi connectivity index (χ4v) is 5.14. The number of hydroxylamine groups is 2. The van der Waals surface area contributed by atoms with E-state index in [1.54, 1.807) is 10.4 Å². The molecule has 192 valence electrons. The molecule has 1 saturated heterocycles. The monoisotopic (exact) mass is 502 g/mol. The number of rotatable bonds is 6. The number of carbonyl (C=O) groups is 2. The van der Waals surface area contributed by atoms with Crippen molar-refractivity contribution in [3.05, 3.63) is 77.5 Å². The van der Waals surface area contributed by atoms with Gasteiger partial charge in [-0.2, -0.15) is 0 Å². The van der Waals surface area contributed by atoms with Crippen LogP contribution in [0.1, 0.15) is 36.6 Å². The van der Waals surface area contributed by atoms with Crippen molar-refractivity contribution >= 4 is 28.4 Å². The lowest BCUT2D eigenvalue weighted by molar-refractivity contribution is -0.148. The topological polar surface area (TPSA) is 113 Å². The van der Waals surface area contributed by atoms with Gasteiger partial charge >= 0.3 is 0 Å². The summed E-state index contributed by atoms with van der Waals surface area (Å²) in [6.07, 6.45) is 2.55. The summed E-state index contributed by atoms with van der Waals surface area (Å²) in [5.74, 6) is -0.142. The molecular weight excluding hydrogens is 472 g/mol. The number of aromatic nitrogens is 1. The molecule has 0 aliphatic carbocycles. The van der Waals surface area contributed by atoms with Gasteiger partial charge in [0.2, 0.25) is 11.8 Å². The molecule has 2 aliphatic rings. The summed E-state index contributed by atoms with van der Waals surface area (Å²) < 4.78 is 6.09. The Kier molecular flexibility index (Phi) is 6.82. The Hall–Kier alpha value is -3.95. The van der Waals surface area contributed by atoms with Gasteiger partial charge in [0.15, 0.2) is 0 Å². The molecule has 2 atom stereocenters. The first-order valence-electron chi connectivity index (χ1n) is 12.3. The van der Waals surface area contributed by atoms with E-state index in [2.05, 4.69) is 16.5 Å². The first-order chi connectivity index (χ1) is 17.9. The second kappa shape index (κ2) is 10.2. The lowest BCUT2D eigenvalue weighted by Gasteiger charge is -2.42. The Morgan fingerprint density at radius 1 is 1.24 bits per heavy atom. The van der Waals surface area contributed by atoms with Crippen LogP contribution in [-0.4, -0.2) is 45.6 Å². The predicted octanol–water partition coefficient (Wildman–Crippen LogP) is 3.50. The zero-order valence-electron chi connectivity index (χ0n) is 20.9. The normalized spacial score (nSPS) is 21.0. The van der Waals surface area contributed by atoms with Crippen molar-refractivity contribution in [3.8, 4) is 5.75 Å². The van der Waals surface area contributed by atoms with E-state index in [0.717, 1.165) is 39.2 Å². The lowest BCUT2D eigenvalue weighted by atomic mass is 9.78. The Bertz CT molecular complexity index is 1360. The van der Waals surface area contributed by atoms with Crippen molar-refractivity contribution in [1.82, 2.24) is 20.8 Å². The van der Waals surface area contributed by atoms with E-state index >= 15 is 0 Å². The van der Waals surface area contributed by atoms with Gasteiger partial charge in [-0.3, -0.25) is 30.1 Å². The highest BCUT2D eigenvalue weighted by molar-refractivity contribution is 5.82. The number of fused-ring (bicyclic) bond motifs is 1. The van der Waals surface area contributed by atoms with E-state index < -0.39 is 11.5 Å². The molecule has 0 saturated carbocycles. The number of hydrogen-bond donors (Lipinski definition) is 3. The van der Waals surface area contributed by atoms with Crippen molar-refractivity contribution in [3.63, 3.8) is 0 Å². The van der Waals surface area contributed by atoms with Crippen LogP contribution in [-0.2, 0) is 21.0 Å². The molecule has 5 rings (SSSR count). The average molecular weight is 503 g/mol. The molecule has 1 spiro atoms. The zero-order valence-corrected chi connectivity index (χ0v) is 20.9. The number of ether oxygens (including phenoxy) is 1. The molecule has 3 heterocycles. The summed E-state index contributed by atoms with van der Waals surface area (Å²) in [4.78, 5) is 36.2. The van der Waals surface area contributed by atoms with Crippen LogP contribution in [0, 0.1) is 12.8 Å². The maximum absolute atomic E-state index is 12.0. The Balaban J connectivity index is 1.31. The molecule has 9 heteroatoms. The number of benzene rings is 2. The predicted molar refractivity (Wildman–Crippen MR) is 137 cm³/mol. The van der Waals surface area contributed by atoms with E-state index in [9.17, 15) is 9.59 Å². The third kappa shape index (κ3) is 5.14. The lowest BCUT2D eigenvalue weighted by Crippen LogP contribution is -2.54. The van der Waals surface area contributed by atoms with Gasteiger partial charge in [-0.1, -0.05) is 18.2 Å². The number of piperidine rings is 1. The smallest absolute Gasteiger partial charge is 0.243 e. The number of aryl methyl sites for hydroxylation is 1. The van der Waals surface area contributed by atoms with Crippen LogP contribution in [0.4, 0.5) is 0 Å². The second-order valence-corrected chi connectivity index (χ2v) is 9.62. The molecule has 2 aromatic carbocycles. The SMILES string of the molecule is CC(=O)N1CCC2(C=C(c3ccc(OCc4cc(C)nc5ccccc45)cc3)NO2)C(CC(=O)NO)C1. The van der Waals surface area contributed by atoms with Gasteiger partial charge in [0.25, 0.3) is 0 Å². The van der Waals surface area contributed by atoms with E-state index in [1.165, 1.54) is 6.92 Å². The number of para-hydroxylation sites is 1. The standard InChI is InChI=1S/C28H30N4O5/c1-18-13-21(24-5-3-4-6-25(24)29-18)17-36-23-9-7-20(8-10-23)26-15-28(37-31-26)11-12-32(19(2)33)16-22(28)14-27(34)30-35/h3-10,13,15,22,31,35H,11-12,14,16-17H2,1-2H3,(H,30,34). The summed E-state index contributed by atoms with van der Waals surface area (Å²) in [6.45, 7) is 4.81. The van der Waals surface area contributed by atoms with Crippen molar-refractivity contribution in [2.24, 2.45) is 5.92 Å². The number of carbonyl (C=O) groups excluding carboxylic acids is 2. The molecule has 2 amide bonds. The number of pyridine rings is 1. The van der Waals surface area contributed by atoms with Gasteiger partial charge in [0.1, 0.15) is 18.0 Å². The Morgan fingerprint density at radius 3 is 2.78 bits per heavy atom. The highest BCUT2D eigenvalue weighted by Gasteiger charge is 2.47. The van der Waals surface area contributed by atoms with Crippen LogP contribution in [0.15, 0.2) is 60.7 Å². The van der Waals surface area contributed by atoms with Gasteiger partial charge in [-0.25, -0.2) is 5.48 Å². The number of nitrogens with zero attached hydrogens (tertiary/aromatic N) is 2. The maximum atomic E-state index is 12.0. The fraction of sp³-hybridized carbons (Fsp3) is 0.321. The van der Waals surface area contributed by atoms with Gasteiger partial charge in [0.05, 0.1) is 11.2 Å². The van der Waals surface area contributed by atoms with E-state index in [-0.39, 0.29) is 18.2 Å². The minimum Gasteiger partial charge on any atom is -0.489 e. The van der Waals surface area contributed by atoms with Crippen LogP contribution < -0.4 is 15.7 Å². The third-order valence-electron chi connectivity index (χ3n) is 7.14. The second-order valence-electron chi connectivity index (χ2n) is 9.62. The largest absolute Gasteiger partial charge is 0.489 e. The molecule has 2 unspecified atom stereocenters. The Morgan fingerprint density at radius 2 is 2.03 bits per heavy atom.